The van der Waals surface area contributed by atoms with Gasteiger partial charge in [-0.1, -0.05) is 46.3 Å². The Kier molecular flexibility index (Phi) is 5.24. The van der Waals surface area contributed by atoms with Crippen LogP contribution in [0.15, 0.2) is 53.0 Å². The van der Waals surface area contributed by atoms with Gasteiger partial charge in [-0.25, -0.2) is 4.39 Å². The highest BCUT2D eigenvalue weighted by atomic mass is 79.9. The molecule has 1 atom stereocenters. The van der Waals surface area contributed by atoms with E-state index in [9.17, 15) is 4.39 Å². The Morgan fingerprint density at radius 2 is 1.77 bits per heavy atom. The van der Waals surface area contributed by atoms with Crippen LogP contribution in [-0.2, 0) is 0 Å². The SMILES string of the molecule is Fc1ccc(C(c2ccccc2Br)N2CCCNCC2)cc1. The summed E-state index contributed by atoms with van der Waals surface area (Å²) in [5, 5.41) is 3.45. The van der Waals surface area contributed by atoms with E-state index in [1.165, 1.54) is 5.56 Å². The minimum absolute atomic E-state index is 0.149. The van der Waals surface area contributed by atoms with Gasteiger partial charge in [0.25, 0.3) is 0 Å². The minimum Gasteiger partial charge on any atom is -0.315 e. The van der Waals surface area contributed by atoms with Crippen LogP contribution in [0.3, 0.4) is 0 Å². The normalized spacial score (nSPS) is 17.9. The number of benzene rings is 2. The van der Waals surface area contributed by atoms with Gasteiger partial charge >= 0.3 is 0 Å². The predicted octanol–water partition coefficient (Wildman–Crippen LogP) is 3.97. The van der Waals surface area contributed by atoms with E-state index in [0.29, 0.717) is 0 Å². The Morgan fingerprint density at radius 3 is 2.55 bits per heavy atom. The lowest BCUT2D eigenvalue weighted by atomic mass is 9.96. The van der Waals surface area contributed by atoms with E-state index in [4.69, 9.17) is 0 Å². The molecule has 1 aliphatic rings. The lowest BCUT2D eigenvalue weighted by Crippen LogP contribution is -2.33. The van der Waals surface area contributed by atoms with Crippen LogP contribution >= 0.6 is 15.9 Å². The first-order chi connectivity index (χ1) is 10.8. The molecule has 0 radical (unpaired) electrons. The van der Waals surface area contributed by atoms with Crippen molar-refractivity contribution in [2.75, 3.05) is 26.2 Å². The van der Waals surface area contributed by atoms with Crippen LogP contribution in [0.1, 0.15) is 23.6 Å². The number of halogens is 2. The van der Waals surface area contributed by atoms with Crippen molar-refractivity contribution in [2.24, 2.45) is 0 Å². The smallest absolute Gasteiger partial charge is 0.123 e. The van der Waals surface area contributed by atoms with E-state index in [0.717, 1.165) is 42.6 Å². The van der Waals surface area contributed by atoms with Crippen molar-refractivity contribution in [1.82, 2.24) is 10.2 Å². The number of rotatable bonds is 3. The number of nitrogens with zero attached hydrogens (tertiary/aromatic N) is 1. The largest absolute Gasteiger partial charge is 0.315 e. The van der Waals surface area contributed by atoms with Crippen LogP contribution in [0.25, 0.3) is 0 Å². The topological polar surface area (TPSA) is 15.3 Å². The fraction of sp³-hybridized carbons (Fsp3) is 0.333. The predicted molar refractivity (Wildman–Crippen MR) is 91.4 cm³/mol. The molecule has 2 aromatic carbocycles. The van der Waals surface area contributed by atoms with Gasteiger partial charge in [-0.05, 0) is 42.3 Å². The van der Waals surface area contributed by atoms with Gasteiger partial charge < -0.3 is 5.32 Å². The first-order valence-corrected chi connectivity index (χ1v) is 8.49. The van der Waals surface area contributed by atoms with Crippen molar-refractivity contribution in [2.45, 2.75) is 12.5 Å². The second kappa shape index (κ2) is 7.36. The van der Waals surface area contributed by atoms with E-state index in [1.807, 2.05) is 18.2 Å². The number of hydrogen-bond acceptors (Lipinski definition) is 2. The van der Waals surface area contributed by atoms with Crippen LogP contribution in [0.2, 0.25) is 0 Å². The molecule has 1 fully saturated rings. The summed E-state index contributed by atoms with van der Waals surface area (Å²) < 4.78 is 14.4. The molecule has 1 unspecified atom stereocenters. The molecule has 2 nitrogen and oxygen atoms in total. The van der Waals surface area contributed by atoms with Gasteiger partial charge in [-0.3, -0.25) is 4.90 Å². The van der Waals surface area contributed by atoms with E-state index in [2.05, 4.69) is 44.3 Å². The van der Waals surface area contributed by atoms with Gasteiger partial charge in [0, 0.05) is 24.1 Å². The van der Waals surface area contributed by atoms with Crippen LogP contribution in [0.4, 0.5) is 4.39 Å². The highest BCUT2D eigenvalue weighted by Gasteiger charge is 2.24. The molecule has 116 valence electrons. The lowest BCUT2D eigenvalue weighted by molar-refractivity contribution is 0.240. The zero-order valence-corrected chi connectivity index (χ0v) is 14.0. The molecule has 0 bridgehead atoms. The molecule has 2 aromatic rings. The van der Waals surface area contributed by atoms with E-state index >= 15 is 0 Å². The maximum absolute atomic E-state index is 13.3. The Hall–Kier alpha value is -1.23. The highest BCUT2D eigenvalue weighted by molar-refractivity contribution is 9.10. The maximum atomic E-state index is 13.3. The molecule has 1 aliphatic heterocycles. The molecule has 0 aliphatic carbocycles. The Balaban J connectivity index is 2.01. The second-order valence-corrected chi connectivity index (χ2v) is 6.47. The zero-order valence-electron chi connectivity index (χ0n) is 12.4. The summed E-state index contributed by atoms with van der Waals surface area (Å²) in [5.41, 5.74) is 2.37. The van der Waals surface area contributed by atoms with Crippen molar-refractivity contribution in [3.8, 4) is 0 Å². The summed E-state index contributed by atoms with van der Waals surface area (Å²) in [5.74, 6) is -0.188. The summed E-state index contributed by atoms with van der Waals surface area (Å²) in [6.45, 7) is 4.07. The van der Waals surface area contributed by atoms with E-state index in [-0.39, 0.29) is 11.9 Å². The third-order valence-corrected chi connectivity index (χ3v) is 4.85. The highest BCUT2D eigenvalue weighted by Crippen LogP contribution is 2.33. The van der Waals surface area contributed by atoms with E-state index < -0.39 is 0 Å². The first kappa shape index (κ1) is 15.7. The standard InChI is InChI=1S/C18H20BrFN2/c19-17-5-2-1-4-16(17)18(14-6-8-15(20)9-7-14)22-12-3-10-21-11-13-22/h1-2,4-9,18,21H,3,10-13H2. The molecule has 1 heterocycles. The Bertz CT molecular complexity index is 607. The molecule has 3 rings (SSSR count). The summed E-state index contributed by atoms with van der Waals surface area (Å²) in [4.78, 5) is 2.48. The van der Waals surface area contributed by atoms with Crippen molar-refractivity contribution in [3.63, 3.8) is 0 Å². The van der Waals surface area contributed by atoms with Gasteiger partial charge in [-0.15, -0.1) is 0 Å². The van der Waals surface area contributed by atoms with Gasteiger partial charge in [0.2, 0.25) is 0 Å². The third kappa shape index (κ3) is 3.57. The zero-order chi connectivity index (χ0) is 15.4. The van der Waals surface area contributed by atoms with Gasteiger partial charge in [0.15, 0.2) is 0 Å². The molecule has 0 aromatic heterocycles. The fourth-order valence-corrected chi connectivity index (χ4v) is 3.56. The van der Waals surface area contributed by atoms with Gasteiger partial charge in [0.1, 0.15) is 5.82 Å². The average molecular weight is 363 g/mol. The van der Waals surface area contributed by atoms with Gasteiger partial charge in [-0.2, -0.15) is 0 Å². The van der Waals surface area contributed by atoms with Crippen LogP contribution in [0.5, 0.6) is 0 Å². The van der Waals surface area contributed by atoms with Crippen molar-refractivity contribution >= 4 is 15.9 Å². The summed E-state index contributed by atoms with van der Waals surface area (Å²) >= 11 is 3.68. The average Bonchev–Trinajstić information content (AvgIpc) is 2.80. The monoisotopic (exact) mass is 362 g/mol. The Morgan fingerprint density at radius 1 is 1.00 bits per heavy atom. The Labute approximate surface area is 139 Å². The summed E-state index contributed by atoms with van der Waals surface area (Å²) in [7, 11) is 0. The van der Waals surface area contributed by atoms with Crippen LogP contribution in [0, 0.1) is 5.82 Å². The van der Waals surface area contributed by atoms with Crippen molar-refractivity contribution in [3.05, 3.63) is 69.9 Å². The van der Waals surface area contributed by atoms with E-state index in [1.54, 1.807) is 12.1 Å². The lowest BCUT2D eigenvalue weighted by Gasteiger charge is -2.32. The molecular weight excluding hydrogens is 343 g/mol. The van der Waals surface area contributed by atoms with Crippen LogP contribution in [-0.4, -0.2) is 31.1 Å². The van der Waals surface area contributed by atoms with Gasteiger partial charge in [0.05, 0.1) is 6.04 Å². The molecule has 0 amide bonds. The van der Waals surface area contributed by atoms with Crippen molar-refractivity contribution < 1.29 is 4.39 Å². The molecular formula is C18H20BrFN2. The second-order valence-electron chi connectivity index (χ2n) is 5.62. The maximum Gasteiger partial charge on any atom is 0.123 e. The quantitative estimate of drug-likeness (QED) is 0.888. The first-order valence-electron chi connectivity index (χ1n) is 7.70. The molecule has 0 spiro atoms. The summed E-state index contributed by atoms with van der Waals surface area (Å²) in [6.07, 6.45) is 1.13. The van der Waals surface area contributed by atoms with Crippen LogP contribution < -0.4 is 5.32 Å². The minimum atomic E-state index is -0.188. The third-order valence-electron chi connectivity index (χ3n) is 4.13. The van der Waals surface area contributed by atoms with Crippen molar-refractivity contribution in [1.29, 1.82) is 0 Å². The fourth-order valence-electron chi connectivity index (χ4n) is 3.05. The summed E-state index contributed by atoms with van der Waals surface area (Å²) in [6, 6.07) is 15.4. The molecule has 4 heteroatoms. The number of nitrogens with one attached hydrogen (secondary N) is 1. The number of hydrogen-bond donors (Lipinski definition) is 1. The molecule has 1 N–H and O–H groups in total. The molecule has 1 saturated heterocycles. The molecule has 22 heavy (non-hydrogen) atoms. The molecule has 0 saturated carbocycles.